The average molecular weight is 368 g/mol. The predicted molar refractivity (Wildman–Crippen MR) is 105 cm³/mol. The van der Waals surface area contributed by atoms with E-state index < -0.39 is 5.97 Å². The van der Waals surface area contributed by atoms with Gasteiger partial charge in [-0.3, -0.25) is 4.79 Å². The van der Waals surface area contributed by atoms with E-state index >= 15 is 0 Å². The van der Waals surface area contributed by atoms with Crippen LogP contribution in [0.15, 0.2) is 54.6 Å². The van der Waals surface area contributed by atoms with Gasteiger partial charge in [-0.15, -0.1) is 0 Å². The van der Waals surface area contributed by atoms with Crippen LogP contribution in [-0.4, -0.2) is 24.3 Å². The van der Waals surface area contributed by atoms with Gasteiger partial charge in [-0.25, -0.2) is 0 Å². The number of hydrogen-bond acceptors (Lipinski definition) is 3. The van der Waals surface area contributed by atoms with Gasteiger partial charge in [-0.05, 0) is 60.8 Å². The summed E-state index contributed by atoms with van der Waals surface area (Å²) in [7, 11) is 0. The Morgan fingerprint density at radius 2 is 1.78 bits per heavy atom. The molecule has 27 heavy (non-hydrogen) atoms. The van der Waals surface area contributed by atoms with Crippen molar-refractivity contribution >= 4 is 5.97 Å². The van der Waals surface area contributed by atoms with Crippen molar-refractivity contribution in [3.63, 3.8) is 0 Å². The topological polar surface area (TPSA) is 55.8 Å². The van der Waals surface area contributed by atoms with E-state index in [2.05, 4.69) is 19.1 Å². The Labute approximate surface area is 161 Å². The van der Waals surface area contributed by atoms with Crippen LogP contribution >= 0.6 is 0 Å². The third-order valence-corrected chi connectivity index (χ3v) is 5.34. The molecule has 0 atom stereocenters. The van der Waals surface area contributed by atoms with E-state index in [1.54, 1.807) is 0 Å². The monoisotopic (exact) mass is 368 g/mol. The molecule has 4 heteroatoms. The van der Waals surface area contributed by atoms with E-state index in [0.717, 1.165) is 37.2 Å². The summed E-state index contributed by atoms with van der Waals surface area (Å²) in [5.74, 6) is 1.54. The van der Waals surface area contributed by atoms with Crippen LogP contribution in [-0.2, 0) is 9.53 Å². The fourth-order valence-electron chi connectivity index (χ4n) is 3.94. The van der Waals surface area contributed by atoms with Crippen molar-refractivity contribution in [1.82, 2.24) is 0 Å². The molecule has 1 saturated carbocycles. The lowest BCUT2D eigenvalue weighted by Crippen LogP contribution is -2.33. The van der Waals surface area contributed by atoms with E-state index in [1.165, 1.54) is 5.56 Å². The molecular formula is C23H28O4. The molecule has 1 N–H and O–H groups in total. The average Bonchev–Trinajstić information content (AvgIpc) is 2.63. The van der Waals surface area contributed by atoms with E-state index in [-0.39, 0.29) is 6.42 Å². The SMILES string of the molecule is C[C@]1(CCCOCCC(=O)O)C[C@@H](c2ccccc2Oc2ccccc2)C1. The molecule has 4 nitrogen and oxygen atoms in total. The van der Waals surface area contributed by atoms with Gasteiger partial charge in [0.1, 0.15) is 11.5 Å². The van der Waals surface area contributed by atoms with Crippen LogP contribution in [0.5, 0.6) is 11.5 Å². The molecule has 3 rings (SSSR count). The van der Waals surface area contributed by atoms with Crippen LogP contribution in [0, 0.1) is 5.41 Å². The maximum atomic E-state index is 10.5. The van der Waals surface area contributed by atoms with Crippen molar-refractivity contribution in [3.05, 3.63) is 60.2 Å². The lowest BCUT2D eigenvalue weighted by atomic mass is 9.59. The van der Waals surface area contributed by atoms with Gasteiger partial charge in [-0.1, -0.05) is 43.3 Å². The minimum Gasteiger partial charge on any atom is -0.481 e. The molecule has 1 aliphatic rings. The van der Waals surface area contributed by atoms with Crippen molar-refractivity contribution in [2.24, 2.45) is 5.41 Å². The first-order valence-electron chi connectivity index (χ1n) is 9.67. The molecule has 1 fully saturated rings. The highest BCUT2D eigenvalue weighted by atomic mass is 16.5. The van der Waals surface area contributed by atoms with E-state index in [1.807, 2.05) is 42.5 Å². The van der Waals surface area contributed by atoms with Crippen molar-refractivity contribution in [2.75, 3.05) is 13.2 Å². The second kappa shape index (κ2) is 9.05. The smallest absolute Gasteiger partial charge is 0.305 e. The highest BCUT2D eigenvalue weighted by Gasteiger charge is 2.41. The standard InChI is InChI=1S/C23H28O4/c1-23(13-7-14-26-15-12-22(24)25)16-18(17-23)20-10-5-6-11-21(20)27-19-8-3-2-4-9-19/h2-6,8-11,18H,7,12-17H2,1H3,(H,24,25)/t18-,23+. The third-order valence-electron chi connectivity index (χ3n) is 5.34. The van der Waals surface area contributed by atoms with Crippen LogP contribution < -0.4 is 4.74 Å². The number of rotatable bonds is 10. The van der Waals surface area contributed by atoms with Gasteiger partial charge in [0.15, 0.2) is 0 Å². The number of aliphatic carboxylic acids is 1. The number of ether oxygens (including phenoxy) is 2. The zero-order valence-electron chi connectivity index (χ0n) is 15.9. The molecule has 0 radical (unpaired) electrons. The van der Waals surface area contributed by atoms with Crippen LogP contribution in [0.1, 0.15) is 50.5 Å². The van der Waals surface area contributed by atoms with Gasteiger partial charge in [0.2, 0.25) is 0 Å². The number of carboxylic acid groups (broad SMARTS) is 1. The fourth-order valence-corrected chi connectivity index (χ4v) is 3.94. The van der Waals surface area contributed by atoms with Gasteiger partial charge < -0.3 is 14.6 Å². The molecule has 0 heterocycles. The van der Waals surface area contributed by atoms with Crippen LogP contribution in [0.2, 0.25) is 0 Å². The second-order valence-electron chi connectivity index (χ2n) is 7.73. The van der Waals surface area contributed by atoms with Crippen LogP contribution in [0.25, 0.3) is 0 Å². The number of benzene rings is 2. The summed E-state index contributed by atoms with van der Waals surface area (Å²) in [6, 6.07) is 18.2. The van der Waals surface area contributed by atoms with Crippen molar-refractivity contribution in [3.8, 4) is 11.5 Å². The molecule has 0 amide bonds. The van der Waals surface area contributed by atoms with E-state index in [0.29, 0.717) is 24.5 Å². The van der Waals surface area contributed by atoms with Crippen LogP contribution in [0.4, 0.5) is 0 Å². The first kappa shape index (κ1) is 19.4. The highest BCUT2D eigenvalue weighted by Crippen LogP contribution is 2.55. The molecule has 0 spiro atoms. The minimum atomic E-state index is -0.805. The zero-order chi connectivity index (χ0) is 19.1. The summed E-state index contributed by atoms with van der Waals surface area (Å²) in [6.45, 7) is 3.28. The molecule has 1 aliphatic carbocycles. The van der Waals surface area contributed by atoms with Gasteiger partial charge in [0.05, 0.1) is 13.0 Å². The summed E-state index contributed by atoms with van der Waals surface area (Å²) in [4.78, 5) is 10.5. The zero-order valence-corrected chi connectivity index (χ0v) is 15.9. The first-order valence-corrected chi connectivity index (χ1v) is 9.67. The molecule has 144 valence electrons. The maximum absolute atomic E-state index is 10.5. The molecular weight excluding hydrogens is 340 g/mol. The number of carboxylic acids is 1. The Morgan fingerprint density at radius 3 is 2.52 bits per heavy atom. The summed E-state index contributed by atoms with van der Waals surface area (Å²) < 4.78 is 11.5. The number of carbonyl (C=O) groups is 1. The second-order valence-corrected chi connectivity index (χ2v) is 7.73. The normalized spacial score (nSPS) is 21.4. The quantitative estimate of drug-likeness (QED) is 0.552. The molecule has 0 saturated heterocycles. The third kappa shape index (κ3) is 5.57. The molecule has 2 aromatic carbocycles. The Morgan fingerprint density at radius 1 is 1.07 bits per heavy atom. The van der Waals surface area contributed by atoms with Gasteiger partial charge in [-0.2, -0.15) is 0 Å². The lowest BCUT2D eigenvalue weighted by molar-refractivity contribution is -0.138. The maximum Gasteiger partial charge on any atom is 0.305 e. The van der Waals surface area contributed by atoms with E-state index in [4.69, 9.17) is 14.6 Å². The molecule has 0 aromatic heterocycles. The first-order chi connectivity index (χ1) is 13.1. The Balaban J connectivity index is 1.48. The van der Waals surface area contributed by atoms with Crippen molar-refractivity contribution in [2.45, 2.75) is 44.9 Å². The number of para-hydroxylation sites is 2. The van der Waals surface area contributed by atoms with Crippen molar-refractivity contribution in [1.29, 1.82) is 0 Å². The largest absolute Gasteiger partial charge is 0.481 e. The predicted octanol–water partition coefficient (Wildman–Crippen LogP) is 5.63. The lowest BCUT2D eigenvalue weighted by Gasteiger charge is -2.46. The highest BCUT2D eigenvalue weighted by molar-refractivity contribution is 5.66. The number of hydrogen-bond donors (Lipinski definition) is 1. The van der Waals surface area contributed by atoms with Crippen molar-refractivity contribution < 1.29 is 19.4 Å². The molecule has 0 unspecified atom stereocenters. The molecule has 2 aromatic rings. The van der Waals surface area contributed by atoms with Gasteiger partial charge in [0.25, 0.3) is 0 Å². The van der Waals surface area contributed by atoms with Gasteiger partial charge >= 0.3 is 5.97 Å². The van der Waals surface area contributed by atoms with Crippen LogP contribution in [0.3, 0.4) is 0 Å². The fraction of sp³-hybridized carbons (Fsp3) is 0.435. The summed E-state index contributed by atoms with van der Waals surface area (Å²) in [5.41, 5.74) is 1.62. The van der Waals surface area contributed by atoms with Gasteiger partial charge in [0, 0.05) is 6.61 Å². The Hall–Kier alpha value is -2.33. The summed E-state index contributed by atoms with van der Waals surface area (Å²) >= 11 is 0. The molecule has 0 bridgehead atoms. The Kier molecular flexibility index (Phi) is 6.51. The molecule has 0 aliphatic heterocycles. The minimum absolute atomic E-state index is 0.0809. The summed E-state index contributed by atoms with van der Waals surface area (Å²) in [5, 5.41) is 8.61. The van der Waals surface area contributed by atoms with E-state index in [9.17, 15) is 4.79 Å². The Bertz CT molecular complexity index is 735. The summed E-state index contributed by atoms with van der Waals surface area (Å²) in [6.07, 6.45) is 4.47.